The van der Waals surface area contributed by atoms with Gasteiger partial charge in [-0.15, -0.1) is 0 Å². The van der Waals surface area contributed by atoms with Crippen molar-refractivity contribution in [3.05, 3.63) is 35.4 Å². The maximum Gasteiger partial charge on any atom is 0.221 e. The minimum Gasteiger partial charge on any atom is -0.356 e. The molecule has 0 unspecified atom stereocenters. The van der Waals surface area contributed by atoms with Gasteiger partial charge >= 0.3 is 0 Å². The molecular weight excluding hydrogens is 250 g/mol. The molecule has 1 amide bonds. The molecule has 0 spiro atoms. The monoisotopic (exact) mass is 270 g/mol. The Morgan fingerprint density at radius 3 is 2.63 bits per heavy atom. The molecule has 0 radical (unpaired) electrons. The molecule has 0 heterocycles. The molecular formula is C14H20F2N2O. The predicted octanol–water partition coefficient (Wildman–Crippen LogP) is 2.22. The average Bonchev–Trinajstić information content (AvgIpc) is 2.36. The van der Waals surface area contributed by atoms with Gasteiger partial charge in [-0.25, -0.2) is 8.78 Å². The van der Waals surface area contributed by atoms with Crippen molar-refractivity contribution in [3.8, 4) is 0 Å². The van der Waals surface area contributed by atoms with Crippen LogP contribution in [-0.4, -0.2) is 19.0 Å². The van der Waals surface area contributed by atoms with Crippen LogP contribution in [-0.2, 0) is 11.3 Å². The first kappa shape index (κ1) is 15.6. The normalized spacial score (nSPS) is 10.8. The van der Waals surface area contributed by atoms with E-state index in [0.29, 0.717) is 37.5 Å². The van der Waals surface area contributed by atoms with Crippen molar-refractivity contribution >= 4 is 5.91 Å². The van der Waals surface area contributed by atoms with Gasteiger partial charge in [0.1, 0.15) is 0 Å². The Bertz CT molecular complexity index is 422. The van der Waals surface area contributed by atoms with E-state index in [0.717, 1.165) is 12.1 Å². The maximum atomic E-state index is 12.9. The second kappa shape index (κ2) is 7.84. The zero-order valence-corrected chi connectivity index (χ0v) is 11.3. The molecule has 0 atom stereocenters. The van der Waals surface area contributed by atoms with E-state index >= 15 is 0 Å². The quantitative estimate of drug-likeness (QED) is 0.746. The van der Waals surface area contributed by atoms with Gasteiger partial charge in [-0.2, -0.15) is 0 Å². The summed E-state index contributed by atoms with van der Waals surface area (Å²) in [6, 6.07) is 3.77. The van der Waals surface area contributed by atoms with Crippen LogP contribution in [0.1, 0.15) is 25.8 Å². The van der Waals surface area contributed by atoms with E-state index in [4.69, 9.17) is 0 Å². The molecule has 19 heavy (non-hydrogen) atoms. The summed E-state index contributed by atoms with van der Waals surface area (Å²) in [6.07, 6.45) is 0.371. The number of hydrogen-bond donors (Lipinski definition) is 2. The summed E-state index contributed by atoms with van der Waals surface area (Å²) in [5.41, 5.74) is 0.654. The van der Waals surface area contributed by atoms with Gasteiger partial charge < -0.3 is 10.6 Å². The largest absolute Gasteiger partial charge is 0.356 e. The van der Waals surface area contributed by atoms with E-state index in [2.05, 4.69) is 10.6 Å². The number of carbonyl (C=O) groups excluding carboxylic acids is 1. The minimum atomic E-state index is -0.853. The van der Waals surface area contributed by atoms with E-state index in [1.165, 1.54) is 6.07 Å². The summed E-state index contributed by atoms with van der Waals surface area (Å²) >= 11 is 0. The zero-order valence-electron chi connectivity index (χ0n) is 11.3. The zero-order chi connectivity index (χ0) is 14.3. The molecule has 0 bridgehead atoms. The summed E-state index contributed by atoms with van der Waals surface area (Å²) in [5.74, 6) is -1.28. The second-order valence-electron chi connectivity index (χ2n) is 4.87. The summed E-state index contributed by atoms with van der Waals surface area (Å²) in [4.78, 5) is 11.4. The molecule has 2 N–H and O–H groups in total. The van der Waals surface area contributed by atoms with Gasteiger partial charge in [-0.3, -0.25) is 4.79 Å². The molecule has 0 aliphatic rings. The highest BCUT2D eigenvalue weighted by Gasteiger charge is 2.04. The number of benzene rings is 1. The lowest BCUT2D eigenvalue weighted by molar-refractivity contribution is -0.121. The number of carbonyl (C=O) groups is 1. The molecule has 0 aliphatic heterocycles. The third kappa shape index (κ3) is 6.29. The van der Waals surface area contributed by atoms with Crippen molar-refractivity contribution in [1.29, 1.82) is 0 Å². The van der Waals surface area contributed by atoms with E-state index in [1.54, 1.807) is 0 Å². The van der Waals surface area contributed by atoms with Gasteiger partial charge in [0.05, 0.1) is 0 Å². The summed E-state index contributed by atoms with van der Waals surface area (Å²) in [6.45, 7) is 5.64. The van der Waals surface area contributed by atoms with Gasteiger partial charge in [-0.05, 0) is 23.6 Å². The van der Waals surface area contributed by atoms with Gasteiger partial charge in [0.15, 0.2) is 11.6 Å². The van der Waals surface area contributed by atoms with E-state index in [-0.39, 0.29) is 5.91 Å². The Morgan fingerprint density at radius 2 is 2.00 bits per heavy atom. The van der Waals surface area contributed by atoms with Crippen molar-refractivity contribution in [1.82, 2.24) is 10.6 Å². The molecule has 1 rings (SSSR count). The average molecular weight is 270 g/mol. The fourth-order valence-electron chi connectivity index (χ4n) is 1.49. The van der Waals surface area contributed by atoms with Gasteiger partial charge in [0, 0.05) is 26.1 Å². The minimum absolute atomic E-state index is 0.00788. The summed E-state index contributed by atoms with van der Waals surface area (Å²) in [5, 5.41) is 5.83. The molecule has 0 fully saturated rings. The molecule has 0 saturated heterocycles. The highest BCUT2D eigenvalue weighted by atomic mass is 19.2. The van der Waals surface area contributed by atoms with E-state index in [1.807, 2.05) is 13.8 Å². The van der Waals surface area contributed by atoms with Crippen molar-refractivity contribution in [2.24, 2.45) is 5.92 Å². The molecule has 0 saturated carbocycles. The maximum absolute atomic E-state index is 12.9. The molecule has 3 nitrogen and oxygen atoms in total. The van der Waals surface area contributed by atoms with Crippen LogP contribution in [0.2, 0.25) is 0 Å². The van der Waals surface area contributed by atoms with Crippen LogP contribution in [0.4, 0.5) is 8.78 Å². The van der Waals surface area contributed by atoms with Crippen molar-refractivity contribution in [3.63, 3.8) is 0 Å². The topological polar surface area (TPSA) is 41.1 Å². The van der Waals surface area contributed by atoms with Crippen LogP contribution in [0, 0.1) is 17.6 Å². The number of halogens is 2. The summed E-state index contributed by atoms with van der Waals surface area (Å²) < 4.78 is 25.6. The molecule has 1 aromatic carbocycles. The molecule has 0 aromatic heterocycles. The Balaban J connectivity index is 2.20. The van der Waals surface area contributed by atoms with Crippen LogP contribution in [0.5, 0.6) is 0 Å². The van der Waals surface area contributed by atoms with Crippen LogP contribution < -0.4 is 10.6 Å². The fourth-order valence-corrected chi connectivity index (χ4v) is 1.49. The van der Waals surface area contributed by atoms with Crippen LogP contribution >= 0.6 is 0 Å². The third-order valence-corrected chi connectivity index (χ3v) is 2.55. The SMILES string of the molecule is CC(C)CNC(=O)CCNCc1ccc(F)c(F)c1. The van der Waals surface area contributed by atoms with E-state index in [9.17, 15) is 13.6 Å². The third-order valence-electron chi connectivity index (χ3n) is 2.55. The van der Waals surface area contributed by atoms with Crippen LogP contribution in [0.25, 0.3) is 0 Å². The lowest BCUT2D eigenvalue weighted by atomic mass is 10.2. The Kier molecular flexibility index (Phi) is 6.42. The lowest BCUT2D eigenvalue weighted by Gasteiger charge is -2.08. The van der Waals surface area contributed by atoms with Gasteiger partial charge in [0.2, 0.25) is 5.91 Å². The molecule has 5 heteroatoms. The first-order chi connectivity index (χ1) is 8.99. The molecule has 1 aromatic rings. The number of amides is 1. The van der Waals surface area contributed by atoms with Crippen LogP contribution in [0.3, 0.4) is 0 Å². The summed E-state index contributed by atoms with van der Waals surface area (Å²) in [7, 11) is 0. The first-order valence-electron chi connectivity index (χ1n) is 6.40. The molecule has 106 valence electrons. The fraction of sp³-hybridized carbons (Fsp3) is 0.500. The highest BCUT2D eigenvalue weighted by molar-refractivity contribution is 5.76. The highest BCUT2D eigenvalue weighted by Crippen LogP contribution is 2.08. The van der Waals surface area contributed by atoms with E-state index < -0.39 is 11.6 Å². The van der Waals surface area contributed by atoms with Crippen molar-refractivity contribution < 1.29 is 13.6 Å². The van der Waals surface area contributed by atoms with Gasteiger partial charge in [-0.1, -0.05) is 19.9 Å². The first-order valence-corrected chi connectivity index (χ1v) is 6.40. The van der Waals surface area contributed by atoms with Gasteiger partial charge in [0.25, 0.3) is 0 Å². The number of nitrogens with one attached hydrogen (secondary N) is 2. The Hall–Kier alpha value is -1.49. The predicted molar refractivity (Wildman–Crippen MR) is 70.5 cm³/mol. The smallest absolute Gasteiger partial charge is 0.221 e. The number of rotatable bonds is 7. The number of hydrogen-bond acceptors (Lipinski definition) is 2. The van der Waals surface area contributed by atoms with Crippen molar-refractivity contribution in [2.75, 3.05) is 13.1 Å². The molecule has 0 aliphatic carbocycles. The second-order valence-corrected chi connectivity index (χ2v) is 4.87. The lowest BCUT2D eigenvalue weighted by Crippen LogP contribution is -2.30. The standard InChI is InChI=1S/C14H20F2N2O/c1-10(2)8-18-14(19)5-6-17-9-11-3-4-12(15)13(16)7-11/h3-4,7,10,17H,5-6,8-9H2,1-2H3,(H,18,19). The van der Waals surface area contributed by atoms with Crippen molar-refractivity contribution in [2.45, 2.75) is 26.8 Å². The van der Waals surface area contributed by atoms with Crippen LogP contribution in [0.15, 0.2) is 18.2 Å². The Labute approximate surface area is 112 Å². The Morgan fingerprint density at radius 1 is 1.26 bits per heavy atom.